The van der Waals surface area contributed by atoms with E-state index in [4.69, 9.17) is 9.84 Å². The van der Waals surface area contributed by atoms with Gasteiger partial charge in [-0.05, 0) is 38.1 Å². The number of likely N-dealkylation sites (N-methyl/N-ethyl adjacent to an activating group) is 1. The van der Waals surface area contributed by atoms with Crippen LogP contribution in [0.1, 0.15) is 32.6 Å². The van der Waals surface area contributed by atoms with Crippen molar-refractivity contribution >= 4 is 16.0 Å². The Morgan fingerprint density at radius 2 is 1.95 bits per heavy atom. The van der Waals surface area contributed by atoms with Gasteiger partial charge in [-0.1, -0.05) is 6.92 Å². The Balaban J connectivity index is 1.74. The van der Waals surface area contributed by atoms with Crippen LogP contribution in [-0.4, -0.2) is 68.5 Å². The van der Waals surface area contributed by atoms with Crippen LogP contribution in [0.2, 0.25) is 0 Å². The predicted molar refractivity (Wildman–Crippen MR) is 82.2 cm³/mol. The Bertz CT molecular complexity index is 470. The molecular formula is C14H26N2O5S. The van der Waals surface area contributed by atoms with E-state index in [9.17, 15) is 13.2 Å². The van der Waals surface area contributed by atoms with Crippen molar-refractivity contribution < 1.29 is 23.1 Å². The molecule has 2 aliphatic rings. The molecule has 1 heterocycles. The third-order valence-corrected chi connectivity index (χ3v) is 6.12. The molecule has 0 atom stereocenters. The first-order chi connectivity index (χ1) is 10.4. The highest BCUT2D eigenvalue weighted by atomic mass is 32.2. The number of hydrogen-bond donors (Lipinski definition) is 2. The maximum absolute atomic E-state index is 12.2. The van der Waals surface area contributed by atoms with Gasteiger partial charge in [0.25, 0.3) is 0 Å². The van der Waals surface area contributed by atoms with Crippen LogP contribution in [0, 0.1) is 5.92 Å². The number of hydrogen-bond acceptors (Lipinski definition) is 5. The average molecular weight is 334 g/mol. The number of sulfonamides is 1. The third kappa shape index (κ3) is 5.19. The zero-order valence-corrected chi connectivity index (χ0v) is 13.8. The van der Waals surface area contributed by atoms with Gasteiger partial charge in [0.15, 0.2) is 0 Å². The van der Waals surface area contributed by atoms with E-state index in [-0.39, 0.29) is 30.3 Å². The van der Waals surface area contributed by atoms with Crippen LogP contribution >= 0.6 is 0 Å². The fraction of sp³-hybridized carbons (Fsp3) is 0.929. The average Bonchev–Trinajstić information content (AvgIpc) is 2.40. The first-order valence-corrected chi connectivity index (χ1v) is 9.58. The van der Waals surface area contributed by atoms with Gasteiger partial charge in [0.05, 0.1) is 12.3 Å². The first kappa shape index (κ1) is 17.7. The summed E-state index contributed by atoms with van der Waals surface area (Å²) < 4.78 is 32.3. The van der Waals surface area contributed by atoms with Crippen LogP contribution in [-0.2, 0) is 19.6 Å². The lowest BCUT2D eigenvalue weighted by Crippen LogP contribution is -2.55. The topological polar surface area (TPSA) is 95.9 Å². The predicted octanol–water partition coefficient (Wildman–Crippen LogP) is 0.270. The number of rotatable bonds is 8. The minimum Gasteiger partial charge on any atom is -0.480 e. The van der Waals surface area contributed by atoms with Gasteiger partial charge in [-0.25, -0.2) is 13.1 Å². The zero-order valence-electron chi connectivity index (χ0n) is 13.0. The molecule has 22 heavy (non-hydrogen) atoms. The van der Waals surface area contributed by atoms with Gasteiger partial charge in [-0.15, -0.1) is 0 Å². The van der Waals surface area contributed by atoms with E-state index >= 15 is 0 Å². The maximum atomic E-state index is 12.2. The molecule has 2 rings (SSSR count). The summed E-state index contributed by atoms with van der Waals surface area (Å²) in [6.45, 7) is 3.89. The second-order valence-corrected chi connectivity index (χ2v) is 8.03. The van der Waals surface area contributed by atoms with Crippen molar-refractivity contribution in [3.05, 3.63) is 0 Å². The van der Waals surface area contributed by atoms with Crippen LogP contribution in [0.3, 0.4) is 0 Å². The SMILES string of the molecule is CCN(CC(=O)O)C1CC(NS(=O)(=O)CC2CCOCC2)C1. The number of ether oxygens (including phenoxy) is 1. The number of carboxylic acids is 1. The van der Waals surface area contributed by atoms with Gasteiger partial charge < -0.3 is 9.84 Å². The third-order valence-electron chi connectivity index (χ3n) is 4.52. The summed E-state index contributed by atoms with van der Waals surface area (Å²) in [5.41, 5.74) is 0. The molecular weight excluding hydrogens is 308 g/mol. The molecule has 2 fully saturated rings. The van der Waals surface area contributed by atoms with Gasteiger partial charge in [-0.2, -0.15) is 0 Å². The monoisotopic (exact) mass is 334 g/mol. The highest BCUT2D eigenvalue weighted by molar-refractivity contribution is 7.89. The standard InChI is InChI=1S/C14H26N2O5S/c1-2-16(9-14(17)18)13-7-12(8-13)15-22(19,20)10-11-3-5-21-6-4-11/h11-13,15H,2-10H2,1H3,(H,17,18). The smallest absolute Gasteiger partial charge is 0.317 e. The Labute approximate surface area is 132 Å². The molecule has 1 saturated heterocycles. The van der Waals surface area contributed by atoms with E-state index in [1.165, 1.54) is 0 Å². The van der Waals surface area contributed by atoms with Crippen molar-refractivity contribution in [2.24, 2.45) is 5.92 Å². The van der Waals surface area contributed by atoms with Crippen molar-refractivity contribution in [1.82, 2.24) is 9.62 Å². The van der Waals surface area contributed by atoms with Gasteiger partial charge in [0, 0.05) is 25.3 Å². The quantitative estimate of drug-likeness (QED) is 0.661. The Morgan fingerprint density at radius 1 is 1.32 bits per heavy atom. The molecule has 8 heteroatoms. The summed E-state index contributed by atoms with van der Waals surface area (Å²) in [7, 11) is -3.26. The molecule has 1 aliphatic carbocycles. The number of carboxylic acid groups (broad SMARTS) is 1. The molecule has 0 spiro atoms. The lowest BCUT2D eigenvalue weighted by atomic mass is 9.86. The summed E-state index contributed by atoms with van der Waals surface area (Å²) in [5.74, 6) is -0.490. The molecule has 0 amide bonds. The van der Waals surface area contributed by atoms with Crippen LogP contribution in [0.25, 0.3) is 0 Å². The van der Waals surface area contributed by atoms with Crippen molar-refractivity contribution in [2.45, 2.75) is 44.7 Å². The summed E-state index contributed by atoms with van der Waals surface area (Å²) in [6.07, 6.45) is 2.98. The number of aliphatic carboxylic acids is 1. The lowest BCUT2D eigenvalue weighted by molar-refractivity contribution is -0.139. The molecule has 0 bridgehead atoms. The van der Waals surface area contributed by atoms with E-state index in [0.717, 1.165) is 12.8 Å². The van der Waals surface area contributed by atoms with Gasteiger partial charge in [0.2, 0.25) is 10.0 Å². The highest BCUT2D eigenvalue weighted by Gasteiger charge is 2.36. The molecule has 1 saturated carbocycles. The Kier molecular flexibility index (Phi) is 6.19. The maximum Gasteiger partial charge on any atom is 0.317 e. The molecule has 0 aromatic heterocycles. The van der Waals surface area contributed by atoms with Crippen molar-refractivity contribution in [2.75, 3.05) is 32.1 Å². The molecule has 1 aliphatic heterocycles. The summed E-state index contributed by atoms with van der Waals surface area (Å²) >= 11 is 0. The van der Waals surface area contributed by atoms with E-state index in [2.05, 4.69) is 4.72 Å². The van der Waals surface area contributed by atoms with Gasteiger partial charge in [0.1, 0.15) is 0 Å². The largest absolute Gasteiger partial charge is 0.480 e. The van der Waals surface area contributed by atoms with Crippen molar-refractivity contribution in [1.29, 1.82) is 0 Å². The first-order valence-electron chi connectivity index (χ1n) is 7.93. The van der Waals surface area contributed by atoms with E-state index in [1.54, 1.807) is 0 Å². The fourth-order valence-electron chi connectivity index (χ4n) is 3.18. The molecule has 0 aromatic carbocycles. The Morgan fingerprint density at radius 3 is 2.50 bits per heavy atom. The molecule has 0 unspecified atom stereocenters. The van der Waals surface area contributed by atoms with Crippen LogP contribution in [0.4, 0.5) is 0 Å². The lowest BCUT2D eigenvalue weighted by Gasteiger charge is -2.42. The van der Waals surface area contributed by atoms with E-state index < -0.39 is 16.0 Å². The van der Waals surface area contributed by atoms with Gasteiger partial charge >= 0.3 is 5.97 Å². The minimum absolute atomic E-state index is 0.0166. The second-order valence-electron chi connectivity index (χ2n) is 6.23. The highest BCUT2D eigenvalue weighted by Crippen LogP contribution is 2.26. The number of carbonyl (C=O) groups is 1. The normalized spacial score (nSPS) is 26.8. The molecule has 2 N–H and O–H groups in total. The summed E-state index contributed by atoms with van der Waals surface area (Å²) in [5, 5.41) is 8.85. The molecule has 128 valence electrons. The van der Waals surface area contributed by atoms with Crippen molar-refractivity contribution in [3.8, 4) is 0 Å². The minimum atomic E-state index is -3.26. The number of nitrogens with zero attached hydrogens (tertiary/aromatic N) is 1. The second kappa shape index (κ2) is 7.72. The molecule has 0 aromatic rings. The molecule has 7 nitrogen and oxygen atoms in total. The summed E-state index contributed by atoms with van der Waals surface area (Å²) in [6, 6.07) is 0.106. The van der Waals surface area contributed by atoms with Crippen molar-refractivity contribution in [3.63, 3.8) is 0 Å². The summed E-state index contributed by atoms with van der Waals surface area (Å²) in [4.78, 5) is 12.7. The van der Waals surface area contributed by atoms with E-state index in [1.807, 2.05) is 11.8 Å². The fourth-order valence-corrected chi connectivity index (χ4v) is 4.93. The van der Waals surface area contributed by atoms with Crippen LogP contribution < -0.4 is 4.72 Å². The molecule has 0 radical (unpaired) electrons. The van der Waals surface area contributed by atoms with Crippen LogP contribution in [0.15, 0.2) is 0 Å². The van der Waals surface area contributed by atoms with E-state index in [0.29, 0.717) is 32.6 Å². The number of nitrogens with one attached hydrogen (secondary N) is 1. The van der Waals surface area contributed by atoms with Gasteiger partial charge in [-0.3, -0.25) is 9.69 Å². The zero-order chi connectivity index (χ0) is 16.2. The Hall–Kier alpha value is -0.700. The van der Waals surface area contributed by atoms with Crippen LogP contribution in [0.5, 0.6) is 0 Å².